The van der Waals surface area contributed by atoms with Gasteiger partial charge in [0.05, 0.1) is 26.2 Å². The summed E-state index contributed by atoms with van der Waals surface area (Å²) < 4.78 is 0.142. The molecule has 0 spiro atoms. The van der Waals surface area contributed by atoms with Gasteiger partial charge in [-0.05, 0) is 39.7 Å². The minimum Gasteiger partial charge on any atom is -0.481 e. The summed E-state index contributed by atoms with van der Waals surface area (Å²) in [6.07, 6.45) is 20.6. The Hall–Kier alpha value is -1.89. The van der Waals surface area contributed by atoms with Gasteiger partial charge in [0.1, 0.15) is 17.8 Å². The van der Waals surface area contributed by atoms with Crippen molar-refractivity contribution in [1.82, 2.24) is 0 Å². The molecule has 0 fully saturated rings. The maximum absolute atomic E-state index is 11.6. The van der Waals surface area contributed by atoms with Gasteiger partial charge >= 0.3 is 17.9 Å². The molecule has 3 N–H and O–H groups in total. The fourth-order valence-corrected chi connectivity index (χ4v) is 4.94. The van der Waals surface area contributed by atoms with E-state index in [4.69, 9.17) is 0 Å². The summed E-state index contributed by atoms with van der Waals surface area (Å²) in [6, 6.07) is 0. The number of nitrogens with zero attached hydrogens (tertiary/aromatic N) is 1. The summed E-state index contributed by atoms with van der Waals surface area (Å²) in [5, 5.41) is 28.4. The Bertz CT molecular complexity index is 593. The van der Waals surface area contributed by atoms with Crippen LogP contribution < -0.4 is 0 Å². The largest absolute Gasteiger partial charge is 0.481 e. The highest BCUT2D eigenvalue weighted by Crippen LogP contribution is 2.20. The van der Waals surface area contributed by atoms with Crippen molar-refractivity contribution >= 4 is 17.9 Å². The van der Waals surface area contributed by atoms with E-state index >= 15 is 0 Å². The van der Waals surface area contributed by atoms with Gasteiger partial charge in [-0.1, -0.05) is 83.6 Å². The van der Waals surface area contributed by atoms with Crippen molar-refractivity contribution in [2.24, 2.45) is 17.8 Å². The summed E-state index contributed by atoms with van der Waals surface area (Å²) in [4.78, 5) is 34.7. The smallest absolute Gasteiger partial charge is 0.311 e. The fraction of sp³-hybridized carbons (Fsp3) is 0.828. The van der Waals surface area contributed by atoms with Crippen LogP contribution in [0.4, 0.5) is 0 Å². The molecule has 0 rings (SSSR count). The zero-order valence-electron chi connectivity index (χ0n) is 23.4. The summed E-state index contributed by atoms with van der Waals surface area (Å²) in [7, 11) is 0. The molecule has 0 aromatic heterocycles. The zero-order valence-corrected chi connectivity index (χ0v) is 23.4. The van der Waals surface area contributed by atoms with Crippen molar-refractivity contribution in [3.05, 3.63) is 12.2 Å². The molecule has 3 atom stereocenters. The van der Waals surface area contributed by atoms with E-state index in [9.17, 15) is 29.7 Å². The van der Waals surface area contributed by atoms with E-state index < -0.39 is 35.7 Å². The number of allylic oxidation sites excluding steroid dienone is 1. The molecule has 0 bridgehead atoms. The molecule has 36 heavy (non-hydrogen) atoms. The van der Waals surface area contributed by atoms with Crippen molar-refractivity contribution in [2.75, 3.05) is 26.2 Å². The van der Waals surface area contributed by atoms with Crippen LogP contribution in [-0.4, -0.2) is 63.9 Å². The monoisotopic (exact) mass is 512 g/mol. The van der Waals surface area contributed by atoms with Crippen molar-refractivity contribution in [1.29, 1.82) is 0 Å². The molecular weight excluding hydrogens is 458 g/mol. The molecule has 0 aromatic rings. The van der Waals surface area contributed by atoms with E-state index in [1.165, 1.54) is 70.6 Å². The minimum atomic E-state index is -0.955. The third kappa shape index (κ3) is 16.7. The first-order valence-electron chi connectivity index (χ1n) is 14.2. The molecule has 0 aliphatic rings. The second-order valence-corrected chi connectivity index (χ2v) is 10.9. The standard InChI is InChI=1S/C29H53NO6/c1-5-6-7-8-9-10-11-12-13-14-15-16-17-18-19-20-30(21-24(2)27(31)32,22-25(3)28(33)34)23-26(4)29(35)36/h18-19,24-26H,5-17,20-23H2,1-4H3,(H2-,31,32,33,34,35,36)/p+1/b19-18+. The highest BCUT2D eigenvalue weighted by molar-refractivity contribution is 5.70. The molecule has 0 heterocycles. The summed E-state index contributed by atoms with van der Waals surface area (Å²) in [5.74, 6) is -4.96. The number of quaternary nitrogens is 1. The molecule has 0 saturated carbocycles. The zero-order chi connectivity index (χ0) is 27.4. The van der Waals surface area contributed by atoms with Crippen LogP contribution in [0.3, 0.4) is 0 Å². The molecule has 210 valence electrons. The number of aliphatic carboxylic acids is 3. The number of rotatable bonds is 24. The third-order valence-corrected chi connectivity index (χ3v) is 7.13. The molecule has 0 aromatic carbocycles. The average Bonchev–Trinajstić information content (AvgIpc) is 2.81. The van der Waals surface area contributed by atoms with Gasteiger partial charge in [0, 0.05) is 0 Å². The Morgan fingerprint density at radius 3 is 1.25 bits per heavy atom. The second kappa shape index (κ2) is 20.2. The van der Waals surface area contributed by atoms with Crippen LogP contribution in [0, 0.1) is 17.8 Å². The number of hydrogen-bond donors (Lipinski definition) is 3. The summed E-state index contributed by atoms with van der Waals surface area (Å²) in [6.45, 7) is 8.09. The first-order valence-corrected chi connectivity index (χ1v) is 14.2. The average molecular weight is 513 g/mol. The molecule has 7 heteroatoms. The van der Waals surface area contributed by atoms with Gasteiger partial charge in [0.25, 0.3) is 0 Å². The van der Waals surface area contributed by atoms with Crippen LogP contribution >= 0.6 is 0 Å². The van der Waals surface area contributed by atoms with E-state index in [-0.39, 0.29) is 24.1 Å². The van der Waals surface area contributed by atoms with Crippen LogP contribution in [0.2, 0.25) is 0 Å². The lowest BCUT2D eigenvalue weighted by Gasteiger charge is -2.41. The minimum absolute atomic E-state index is 0.142. The number of carboxylic acids is 3. The number of hydrogen-bond acceptors (Lipinski definition) is 3. The van der Waals surface area contributed by atoms with Gasteiger partial charge in [-0.25, -0.2) is 0 Å². The lowest BCUT2D eigenvalue weighted by atomic mass is 10.0. The van der Waals surface area contributed by atoms with Crippen molar-refractivity contribution in [3.63, 3.8) is 0 Å². The van der Waals surface area contributed by atoms with E-state index in [0.29, 0.717) is 6.54 Å². The Labute approximate surface area is 219 Å². The van der Waals surface area contributed by atoms with Crippen molar-refractivity contribution in [3.8, 4) is 0 Å². The third-order valence-electron chi connectivity index (χ3n) is 7.13. The maximum atomic E-state index is 11.6. The van der Waals surface area contributed by atoms with Gasteiger partial charge in [0.2, 0.25) is 0 Å². The van der Waals surface area contributed by atoms with Crippen LogP contribution in [0.5, 0.6) is 0 Å². The molecule has 3 unspecified atom stereocenters. The Morgan fingerprint density at radius 1 is 0.583 bits per heavy atom. The Balaban J connectivity index is 4.68. The molecule has 7 nitrogen and oxygen atoms in total. The van der Waals surface area contributed by atoms with Crippen molar-refractivity contribution in [2.45, 2.75) is 111 Å². The van der Waals surface area contributed by atoms with Crippen LogP contribution in [0.1, 0.15) is 111 Å². The van der Waals surface area contributed by atoms with Gasteiger partial charge < -0.3 is 19.8 Å². The van der Waals surface area contributed by atoms with Crippen LogP contribution in [0.25, 0.3) is 0 Å². The number of carbonyl (C=O) groups is 3. The molecule has 0 radical (unpaired) electrons. The molecule has 0 aliphatic carbocycles. The van der Waals surface area contributed by atoms with Crippen LogP contribution in [-0.2, 0) is 14.4 Å². The van der Waals surface area contributed by atoms with E-state index in [1.54, 1.807) is 20.8 Å². The van der Waals surface area contributed by atoms with Gasteiger partial charge in [-0.3, -0.25) is 14.4 Å². The van der Waals surface area contributed by atoms with Gasteiger partial charge in [-0.15, -0.1) is 0 Å². The summed E-state index contributed by atoms with van der Waals surface area (Å²) in [5.41, 5.74) is 0. The SMILES string of the molecule is CCCCCCCCCCCCCC/C=C/C[N+](CC(C)C(=O)O)(CC(C)C(=O)O)CC(C)C(=O)O. The normalized spacial score (nSPS) is 15.9. The topological polar surface area (TPSA) is 112 Å². The number of carboxylic acid groups (broad SMARTS) is 3. The molecule has 0 amide bonds. The maximum Gasteiger partial charge on any atom is 0.311 e. The Kier molecular flexibility index (Phi) is 19.1. The molecule has 0 aliphatic heterocycles. The highest BCUT2D eigenvalue weighted by Gasteiger charge is 2.37. The van der Waals surface area contributed by atoms with E-state index in [2.05, 4.69) is 13.0 Å². The fourth-order valence-electron chi connectivity index (χ4n) is 4.94. The second-order valence-electron chi connectivity index (χ2n) is 10.9. The highest BCUT2D eigenvalue weighted by atomic mass is 16.4. The first kappa shape index (κ1) is 34.1. The number of unbranched alkanes of at least 4 members (excludes halogenated alkanes) is 12. The van der Waals surface area contributed by atoms with E-state index in [0.717, 1.165) is 12.8 Å². The molecular formula is C29H54NO6+. The predicted octanol–water partition coefficient (Wildman–Crippen LogP) is 6.61. The van der Waals surface area contributed by atoms with Crippen LogP contribution in [0.15, 0.2) is 12.2 Å². The predicted molar refractivity (Wildman–Crippen MR) is 145 cm³/mol. The lowest BCUT2D eigenvalue weighted by Crippen LogP contribution is -2.57. The Morgan fingerprint density at radius 2 is 0.917 bits per heavy atom. The summed E-state index contributed by atoms with van der Waals surface area (Å²) >= 11 is 0. The first-order chi connectivity index (χ1) is 17.0. The van der Waals surface area contributed by atoms with E-state index in [1.807, 2.05) is 6.08 Å². The lowest BCUT2D eigenvalue weighted by molar-refractivity contribution is -0.928. The quantitative estimate of drug-likeness (QED) is 0.0762. The van der Waals surface area contributed by atoms with Crippen molar-refractivity contribution < 1.29 is 34.2 Å². The van der Waals surface area contributed by atoms with Gasteiger partial charge in [0.15, 0.2) is 0 Å². The molecule has 0 saturated heterocycles. The van der Waals surface area contributed by atoms with Gasteiger partial charge in [-0.2, -0.15) is 0 Å².